The van der Waals surface area contributed by atoms with E-state index in [1.807, 2.05) is 6.92 Å². The lowest BCUT2D eigenvalue weighted by Gasteiger charge is -2.04. The fraction of sp³-hybridized carbons (Fsp3) is 0.700. The maximum atomic E-state index is 11.8. The number of amides is 1. The second-order valence-corrected chi connectivity index (χ2v) is 4.54. The number of ether oxygens (including phenoxy) is 1. The van der Waals surface area contributed by atoms with Gasteiger partial charge in [0.25, 0.3) is 12.3 Å². The summed E-state index contributed by atoms with van der Waals surface area (Å²) < 4.78 is 28.1. The van der Waals surface area contributed by atoms with Crippen molar-refractivity contribution in [2.24, 2.45) is 0 Å². The van der Waals surface area contributed by atoms with Crippen molar-refractivity contribution in [2.75, 3.05) is 31.6 Å². The second-order valence-electron chi connectivity index (χ2n) is 3.56. The van der Waals surface area contributed by atoms with Gasteiger partial charge in [0.15, 0.2) is 0 Å². The summed E-state index contributed by atoms with van der Waals surface area (Å²) >= 11 is 1.14. The molecule has 0 atom stereocenters. The lowest BCUT2D eigenvalue weighted by molar-refractivity contribution is 0.0188. The highest BCUT2D eigenvalue weighted by Crippen LogP contribution is 2.14. The Morgan fingerprint density at radius 3 is 2.89 bits per heavy atom. The van der Waals surface area contributed by atoms with Gasteiger partial charge in [-0.3, -0.25) is 4.79 Å². The van der Waals surface area contributed by atoms with Gasteiger partial charge in [0.05, 0.1) is 6.61 Å². The first-order valence-electron chi connectivity index (χ1n) is 5.85. The zero-order valence-corrected chi connectivity index (χ0v) is 11.3. The average Bonchev–Trinajstić information content (AvgIpc) is 2.84. The number of nitrogens with one attached hydrogen (secondary N) is 2. The molecule has 0 aliphatic rings. The Morgan fingerprint density at radius 1 is 1.42 bits per heavy atom. The minimum absolute atomic E-state index is 0.0375. The lowest BCUT2D eigenvalue weighted by Crippen LogP contribution is -2.27. The van der Waals surface area contributed by atoms with Gasteiger partial charge in [-0.1, -0.05) is 18.3 Å². The summed E-state index contributed by atoms with van der Waals surface area (Å²) in [6.07, 6.45) is -1.55. The Bertz CT molecular complexity index is 389. The SMILES string of the molecule is CCCNc1nnc(C(=O)NCCOCC(F)F)s1. The van der Waals surface area contributed by atoms with Crippen LogP contribution in [0.5, 0.6) is 0 Å². The third-order valence-electron chi connectivity index (χ3n) is 1.92. The molecule has 0 aromatic carbocycles. The smallest absolute Gasteiger partial charge is 0.282 e. The van der Waals surface area contributed by atoms with Gasteiger partial charge in [0.2, 0.25) is 10.1 Å². The van der Waals surface area contributed by atoms with Crippen LogP contribution in [0.25, 0.3) is 0 Å². The van der Waals surface area contributed by atoms with E-state index in [9.17, 15) is 13.6 Å². The Hall–Kier alpha value is -1.35. The lowest BCUT2D eigenvalue weighted by atomic mass is 10.5. The largest absolute Gasteiger partial charge is 0.374 e. The minimum Gasteiger partial charge on any atom is -0.374 e. The second kappa shape index (κ2) is 8.70. The Kier molecular flexibility index (Phi) is 7.19. The zero-order valence-electron chi connectivity index (χ0n) is 10.5. The molecule has 0 spiro atoms. The molecule has 0 bridgehead atoms. The fourth-order valence-corrected chi connectivity index (χ4v) is 1.79. The molecule has 1 aromatic rings. The van der Waals surface area contributed by atoms with Crippen LogP contribution >= 0.6 is 11.3 Å². The fourth-order valence-electron chi connectivity index (χ4n) is 1.10. The molecule has 6 nitrogen and oxygen atoms in total. The summed E-state index contributed by atoms with van der Waals surface area (Å²) in [5.41, 5.74) is 0. The average molecular weight is 294 g/mol. The van der Waals surface area contributed by atoms with Crippen LogP contribution in [-0.4, -0.2) is 48.8 Å². The van der Waals surface area contributed by atoms with E-state index < -0.39 is 13.0 Å². The van der Waals surface area contributed by atoms with E-state index in [2.05, 4.69) is 25.6 Å². The molecule has 0 radical (unpaired) electrons. The normalized spacial score (nSPS) is 10.7. The predicted molar refractivity (Wildman–Crippen MR) is 67.8 cm³/mol. The predicted octanol–water partition coefficient (Wildman–Crippen LogP) is 1.37. The molecular formula is C10H16F2N4O2S. The number of hydrogen-bond donors (Lipinski definition) is 2. The van der Waals surface area contributed by atoms with Gasteiger partial charge < -0.3 is 15.4 Å². The van der Waals surface area contributed by atoms with Gasteiger partial charge >= 0.3 is 0 Å². The van der Waals surface area contributed by atoms with E-state index >= 15 is 0 Å². The van der Waals surface area contributed by atoms with Crippen molar-refractivity contribution < 1.29 is 18.3 Å². The maximum absolute atomic E-state index is 11.8. The van der Waals surface area contributed by atoms with Gasteiger partial charge in [0.1, 0.15) is 6.61 Å². The number of hydrogen-bond acceptors (Lipinski definition) is 6. The third-order valence-corrected chi connectivity index (χ3v) is 2.80. The van der Waals surface area contributed by atoms with Crippen LogP contribution in [0.4, 0.5) is 13.9 Å². The first-order valence-corrected chi connectivity index (χ1v) is 6.66. The number of carbonyl (C=O) groups is 1. The molecule has 0 unspecified atom stereocenters. The molecule has 1 heterocycles. The molecule has 0 aliphatic carbocycles. The van der Waals surface area contributed by atoms with Crippen molar-refractivity contribution in [3.63, 3.8) is 0 Å². The summed E-state index contributed by atoms with van der Waals surface area (Å²) in [6.45, 7) is 2.34. The summed E-state index contributed by atoms with van der Waals surface area (Å²) in [5, 5.41) is 13.9. The van der Waals surface area contributed by atoms with Gasteiger partial charge in [-0.25, -0.2) is 8.78 Å². The maximum Gasteiger partial charge on any atom is 0.282 e. The van der Waals surface area contributed by atoms with Crippen molar-refractivity contribution in [1.29, 1.82) is 0 Å². The van der Waals surface area contributed by atoms with Crippen molar-refractivity contribution in [1.82, 2.24) is 15.5 Å². The first-order chi connectivity index (χ1) is 9.13. The van der Waals surface area contributed by atoms with E-state index in [0.29, 0.717) is 5.13 Å². The highest BCUT2D eigenvalue weighted by Gasteiger charge is 2.12. The summed E-state index contributed by atoms with van der Waals surface area (Å²) in [4.78, 5) is 11.6. The van der Waals surface area contributed by atoms with Crippen LogP contribution in [0.15, 0.2) is 0 Å². The molecular weight excluding hydrogens is 278 g/mol. The standard InChI is InChI=1S/C10H16F2N4O2S/c1-2-3-14-10-16-15-9(19-10)8(17)13-4-5-18-6-7(11)12/h7H,2-6H2,1H3,(H,13,17)(H,14,16). The highest BCUT2D eigenvalue weighted by atomic mass is 32.1. The molecule has 1 aromatic heterocycles. The molecule has 0 saturated heterocycles. The number of anilines is 1. The number of alkyl halides is 2. The molecule has 0 aliphatic heterocycles. The number of nitrogens with zero attached hydrogens (tertiary/aromatic N) is 2. The molecule has 2 N–H and O–H groups in total. The van der Waals surface area contributed by atoms with E-state index in [1.54, 1.807) is 0 Å². The van der Waals surface area contributed by atoms with E-state index in [4.69, 9.17) is 0 Å². The number of carbonyl (C=O) groups excluding carboxylic acids is 1. The summed E-state index contributed by atoms with van der Waals surface area (Å²) in [7, 11) is 0. The monoisotopic (exact) mass is 294 g/mol. The van der Waals surface area contributed by atoms with Crippen LogP contribution in [-0.2, 0) is 4.74 Å². The van der Waals surface area contributed by atoms with E-state index in [-0.39, 0.29) is 24.1 Å². The van der Waals surface area contributed by atoms with Crippen LogP contribution in [0.2, 0.25) is 0 Å². The van der Waals surface area contributed by atoms with Crippen LogP contribution in [0, 0.1) is 0 Å². The van der Waals surface area contributed by atoms with Crippen LogP contribution in [0.1, 0.15) is 23.1 Å². The molecule has 1 amide bonds. The molecule has 108 valence electrons. The first kappa shape index (κ1) is 15.7. The van der Waals surface area contributed by atoms with Crippen molar-refractivity contribution in [3.8, 4) is 0 Å². The Balaban J connectivity index is 2.23. The number of halogens is 2. The molecule has 0 fully saturated rings. The van der Waals surface area contributed by atoms with Crippen LogP contribution < -0.4 is 10.6 Å². The number of rotatable bonds is 9. The highest BCUT2D eigenvalue weighted by molar-refractivity contribution is 7.17. The summed E-state index contributed by atoms with van der Waals surface area (Å²) in [6, 6.07) is 0. The minimum atomic E-state index is -2.49. The van der Waals surface area contributed by atoms with Gasteiger partial charge in [-0.05, 0) is 6.42 Å². The van der Waals surface area contributed by atoms with Crippen molar-refractivity contribution in [3.05, 3.63) is 5.01 Å². The van der Waals surface area contributed by atoms with Crippen molar-refractivity contribution >= 4 is 22.4 Å². The van der Waals surface area contributed by atoms with Gasteiger partial charge in [0, 0.05) is 13.1 Å². The van der Waals surface area contributed by atoms with E-state index in [0.717, 1.165) is 24.3 Å². The van der Waals surface area contributed by atoms with Crippen molar-refractivity contribution in [2.45, 2.75) is 19.8 Å². The summed E-state index contributed by atoms with van der Waals surface area (Å²) in [5.74, 6) is -0.386. The van der Waals surface area contributed by atoms with Gasteiger partial charge in [-0.15, -0.1) is 10.2 Å². The molecule has 19 heavy (non-hydrogen) atoms. The van der Waals surface area contributed by atoms with Gasteiger partial charge in [-0.2, -0.15) is 0 Å². The molecule has 0 saturated carbocycles. The topological polar surface area (TPSA) is 76.1 Å². The zero-order chi connectivity index (χ0) is 14.1. The molecule has 9 heteroatoms. The van der Waals surface area contributed by atoms with Crippen LogP contribution in [0.3, 0.4) is 0 Å². The quantitative estimate of drug-likeness (QED) is 0.673. The number of aromatic nitrogens is 2. The third kappa shape index (κ3) is 6.39. The van der Waals surface area contributed by atoms with E-state index in [1.165, 1.54) is 0 Å². The molecule has 1 rings (SSSR count). The Morgan fingerprint density at radius 2 is 2.21 bits per heavy atom. The Labute approximate surface area is 113 Å².